The lowest BCUT2D eigenvalue weighted by Gasteiger charge is -2.14. The van der Waals surface area contributed by atoms with Crippen LogP contribution in [-0.4, -0.2) is 20.1 Å². The maximum Gasteiger partial charge on any atom is 0.242 e. The molecule has 1 aromatic rings. The van der Waals surface area contributed by atoms with Crippen molar-refractivity contribution in [2.45, 2.75) is 37.7 Å². The van der Waals surface area contributed by atoms with Crippen molar-refractivity contribution >= 4 is 33.2 Å². The van der Waals surface area contributed by atoms with Gasteiger partial charge in [-0.3, -0.25) is 0 Å². The number of nitrogens with one attached hydrogen (secondary N) is 1. The summed E-state index contributed by atoms with van der Waals surface area (Å²) in [6.45, 7) is 2.19. The minimum atomic E-state index is -3.70. The number of hydrogen-bond acceptors (Lipinski definition) is 3. The van der Waals surface area contributed by atoms with Gasteiger partial charge in [-0.25, -0.2) is 13.1 Å². The van der Waals surface area contributed by atoms with Crippen molar-refractivity contribution in [3.63, 3.8) is 0 Å². The molecule has 0 aliphatic heterocycles. The average molecular weight is 352 g/mol. The molecule has 2 atom stereocenters. The van der Waals surface area contributed by atoms with Gasteiger partial charge in [0.05, 0.1) is 11.6 Å². The SMILES string of the molecule is CC1CCC(CNS(=O)(=O)c2ccc(Cl)c(CO)c2Cl)C1. The highest BCUT2D eigenvalue weighted by molar-refractivity contribution is 7.89. The third kappa shape index (κ3) is 3.90. The number of aliphatic hydroxyl groups excluding tert-OH is 1. The van der Waals surface area contributed by atoms with Gasteiger partial charge in [0, 0.05) is 17.1 Å². The molecule has 21 heavy (non-hydrogen) atoms. The zero-order chi connectivity index (χ0) is 15.6. The van der Waals surface area contributed by atoms with E-state index in [0.717, 1.165) is 19.3 Å². The molecule has 2 rings (SSSR count). The van der Waals surface area contributed by atoms with Crippen molar-refractivity contribution in [1.82, 2.24) is 4.72 Å². The van der Waals surface area contributed by atoms with Gasteiger partial charge in [0.2, 0.25) is 10.0 Å². The van der Waals surface area contributed by atoms with Crippen molar-refractivity contribution < 1.29 is 13.5 Å². The monoisotopic (exact) mass is 351 g/mol. The van der Waals surface area contributed by atoms with Crippen molar-refractivity contribution in [3.05, 3.63) is 27.7 Å². The molecule has 0 heterocycles. The van der Waals surface area contributed by atoms with Crippen molar-refractivity contribution in [1.29, 1.82) is 0 Å². The molecule has 4 nitrogen and oxygen atoms in total. The van der Waals surface area contributed by atoms with Gasteiger partial charge in [0.15, 0.2) is 0 Å². The van der Waals surface area contributed by atoms with E-state index in [1.165, 1.54) is 12.1 Å². The molecule has 2 N–H and O–H groups in total. The first-order valence-electron chi connectivity index (χ1n) is 6.92. The molecule has 118 valence electrons. The van der Waals surface area contributed by atoms with E-state index in [1.54, 1.807) is 0 Å². The summed E-state index contributed by atoms with van der Waals surface area (Å²) < 4.78 is 27.3. The van der Waals surface area contributed by atoms with Gasteiger partial charge in [-0.2, -0.15) is 0 Å². The molecule has 1 saturated carbocycles. The average Bonchev–Trinajstić information content (AvgIpc) is 2.83. The number of halogens is 2. The number of hydrogen-bond donors (Lipinski definition) is 2. The Morgan fingerprint density at radius 2 is 2.05 bits per heavy atom. The predicted octanol–water partition coefficient (Wildman–Crippen LogP) is 3.20. The third-order valence-electron chi connectivity index (χ3n) is 3.96. The third-order valence-corrected chi connectivity index (χ3v) is 6.33. The standard InChI is InChI=1S/C14H19Cl2NO3S/c1-9-2-3-10(6-9)7-17-21(19,20)13-5-4-12(15)11(8-18)14(13)16/h4-5,9-10,17-18H,2-3,6-8H2,1H3. The molecule has 0 amide bonds. The van der Waals surface area contributed by atoms with Crippen LogP contribution in [0.25, 0.3) is 0 Å². The maximum atomic E-state index is 12.4. The lowest BCUT2D eigenvalue weighted by molar-refractivity contribution is 0.281. The van der Waals surface area contributed by atoms with E-state index in [0.29, 0.717) is 18.4 Å². The summed E-state index contributed by atoms with van der Waals surface area (Å²) >= 11 is 11.9. The van der Waals surface area contributed by atoms with E-state index in [-0.39, 0.29) is 20.5 Å². The molecule has 1 fully saturated rings. The minimum absolute atomic E-state index is 0.0164. The van der Waals surface area contributed by atoms with E-state index in [9.17, 15) is 13.5 Å². The fraction of sp³-hybridized carbons (Fsp3) is 0.571. The summed E-state index contributed by atoms with van der Waals surface area (Å²) in [5.74, 6) is 1.03. The smallest absolute Gasteiger partial charge is 0.242 e. The van der Waals surface area contributed by atoms with Gasteiger partial charge in [-0.05, 0) is 36.8 Å². The Balaban J connectivity index is 2.16. The van der Waals surface area contributed by atoms with Crippen LogP contribution in [0.5, 0.6) is 0 Å². The van der Waals surface area contributed by atoms with Gasteiger partial charge in [0.25, 0.3) is 0 Å². The molecule has 0 saturated heterocycles. The van der Waals surface area contributed by atoms with Crippen molar-refractivity contribution in [2.24, 2.45) is 11.8 Å². The Morgan fingerprint density at radius 3 is 2.62 bits per heavy atom. The fourth-order valence-corrected chi connectivity index (χ4v) is 4.76. The summed E-state index contributed by atoms with van der Waals surface area (Å²) in [7, 11) is -3.70. The molecule has 1 aliphatic carbocycles. The second kappa shape index (κ2) is 6.84. The van der Waals surface area contributed by atoms with Gasteiger partial charge >= 0.3 is 0 Å². The lowest BCUT2D eigenvalue weighted by atomic mass is 10.1. The molecule has 0 bridgehead atoms. The van der Waals surface area contributed by atoms with Gasteiger partial charge in [0.1, 0.15) is 4.90 Å². The quantitative estimate of drug-likeness (QED) is 0.855. The van der Waals surface area contributed by atoms with Crippen molar-refractivity contribution in [3.8, 4) is 0 Å². The van der Waals surface area contributed by atoms with E-state index in [1.807, 2.05) is 0 Å². The van der Waals surface area contributed by atoms with Crippen LogP contribution in [0.3, 0.4) is 0 Å². The van der Waals surface area contributed by atoms with Gasteiger partial charge in [-0.1, -0.05) is 36.5 Å². The molecule has 0 radical (unpaired) electrons. The summed E-state index contributed by atoms with van der Waals surface area (Å²) in [4.78, 5) is -0.0383. The topological polar surface area (TPSA) is 66.4 Å². The molecular formula is C14H19Cl2NO3S. The van der Waals surface area contributed by atoms with E-state index in [2.05, 4.69) is 11.6 Å². The van der Waals surface area contributed by atoms with Gasteiger partial charge < -0.3 is 5.11 Å². The highest BCUT2D eigenvalue weighted by Gasteiger charge is 2.25. The highest BCUT2D eigenvalue weighted by Crippen LogP contribution is 2.32. The van der Waals surface area contributed by atoms with Crippen LogP contribution >= 0.6 is 23.2 Å². The molecule has 0 spiro atoms. The first-order chi connectivity index (χ1) is 9.85. The van der Waals surface area contributed by atoms with Crippen LogP contribution in [0, 0.1) is 11.8 Å². The number of aliphatic hydroxyl groups is 1. The van der Waals surface area contributed by atoms with Crippen molar-refractivity contribution in [2.75, 3.05) is 6.54 Å². The first kappa shape index (κ1) is 17.0. The molecular weight excluding hydrogens is 333 g/mol. The second-order valence-corrected chi connectivity index (χ2v) is 8.15. The zero-order valence-corrected chi connectivity index (χ0v) is 14.1. The van der Waals surface area contributed by atoms with E-state index >= 15 is 0 Å². The molecule has 0 aromatic heterocycles. The van der Waals surface area contributed by atoms with Crippen LogP contribution < -0.4 is 4.72 Å². The lowest BCUT2D eigenvalue weighted by Crippen LogP contribution is -2.29. The fourth-order valence-electron chi connectivity index (χ4n) is 2.74. The Bertz CT molecular complexity index is 619. The Labute approximate surface area is 135 Å². The largest absolute Gasteiger partial charge is 0.392 e. The van der Waals surface area contributed by atoms with Crippen LogP contribution in [0.1, 0.15) is 31.7 Å². The maximum absolute atomic E-state index is 12.4. The van der Waals surface area contributed by atoms with Crippen LogP contribution in [0.2, 0.25) is 10.0 Å². The predicted molar refractivity (Wildman–Crippen MR) is 84.1 cm³/mol. The number of benzene rings is 1. The number of sulfonamides is 1. The molecule has 1 aliphatic rings. The highest BCUT2D eigenvalue weighted by atomic mass is 35.5. The Kier molecular flexibility index (Phi) is 5.54. The van der Waals surface area contributed by atoms with Crippen LogP contribution in [0.15, 0.2) is 17.0 Å². The van der Waals surface area contributed by atoms with E-state index < -0.39 is 16.6 Å². The normalized spacial score (nSPS) is 22.7. The number of rotatable bonds is 5. The molecule has 2 unspecified atom stereocenters. The summed E-state index contributed by atoms with van der Waals surface area (Å²) in [6.07, 6.45) is 3.22. The second-order valence-electron chi connectivity index (χ2n) is 5.63. The zero-order valence-electron chi connectivity index (χ0n) is 11.8. The summed E-state index contributed by atoms with van der Waals surface area (Å²) in [6, 6.07) is 2.80. The van der Waals surface area contributed by atoms with Crippen LogP contribution in [0.4, 0.5) is 0 Å². The molecule has 1 aromatic carbocycles. The minimum Gasteiger partial charge on any atom is -0.392 e. The van der Waals surface area contributed by atoms with Crippen LogP contribution in [-0.2, 0) is 16.6 Å². The summed E-state index contributed by atoms with van der Waals surface area (Å²) in [5, 5.41) is 9.48. The van der Waals surface area contributed by atoms with E-state index in [4.69, 9.17) is 23.2 Å². The Hall–Kier alpha value is -0.330. The Morgan fingerprint density at radius 1 is 1.33 bits per heavy atom. The molecule has 7 heteroatoms. The summed E-state index contributed by atoms with van der Waals surface area (Å²) in [5.41, 5.74) is 0.232. The van der Waals surface area contributed by atoms with Gasteiger partial charge in [-0.15, -0.1) is 0 Å². The first-order valence-corrected chi connectivity index (χ1v) is 9.16.